The summed E-state index contributed by atoms with van der Waals surface area (Å²) < 4.78 is 26.9. The van der Waals surface area contributed by atoms with Gasteiger partial charge in [0.1, 0.15) is 0 Å². The van der Waals surface area contributed by atoms with Crippen LogP contribution in [0.5, 0.6) is 0 Å². The van der Waals surface area contributed by atoms with Crippen LogP contribution in [0.2, 0.25) is 0 Å². The molecule has 9 heteroatoms. The maximum Gasteiger partial charge on any atom is 0.198 e. The zero-order valence-electron chi connectivity index (χ0n) is 17.1. The monoisotopic (exact) mass is 426 g/mol. The summed E-state index contributed by atoms with van der Waals surface area (Å²) in [6.45, 7) is 7.11. The second kappa shape index (κ2) is 9.03. The van der Waals surface area contributed by atoms with Crippen LogP contribution in [0.25, 0.3) is 0 Å². The molecule has 1 aromatic heterocycles. The van der Waals surface area contributed by atoms with Crippen molar-refractivity contribution < 1.29 is 8.42 Å². The Morgan fingerprint density at radius 1 is 0.867 bits per heavy atom. The highest BCUT2D eigenvalue weighted by Gasteiger charge is 2.22. The van der Waals surface area contributed by atoms with Crippen molar-refractivity contribution in [3.05, 3.63) is 71.5 Å². The molecule has 0 aliphatic carbocycles. The minimum absolute atomic E-state index is 0.258. The molecule has 3 aromatic rings. The molecule has 4 rings (SSSR count). The number of nitrogens with zero attached hydrogens (tertiary/aromatic N) is 6. The first-order valence-corrected chi connectivity index (χ1v) is 11.7. The average molecular weight is 427 g/mol. The predicted molar refractivity (Wildman–Crippen MR) is 113 cm³/mol. The molecule has 2 heterocycles. The Morgan fingerprint density at radius 3 is 2.17 bits per heavy atom. The lowest BCUT2D eigenvalue weighted by Crippen LogP contribution is -2.45. The highest BCUT2D eigenvalue weighted by atomic mass is 32.2. The number of hydrogen-bond acceptors (Lipinski definition) is 7. The first-order chi connectivity index (χ1) is 14.5. The molecule has 0 spiro atoms. The van der Waals surface area contributed by atoms with Gasteiger partial charge in [0, 0.05) is 32.7 Å². The van der Waals surface area contributed by atoms with Crippen molar-refractivity contribution in [3.8, 4) is 0 Å². The van der Waals surface area contributed by atoms with E-state index in [0.717, 1.165) is 38.3 Å². The predicted octanol–water partition coefficient (Wildman–Crippen LogP) is 1.73. The summed E-state index contributed by atoms with van der Waals surface area (Å²) in [6, 6.07) is 17.3. The Bertz CT molecular complexity index is 1060. The van der Waals surface area contributed by atoms with Gasteiger partial charge < -0.3 is 0 Å². The number of tetrazole rings is 1. The van der Waals surface area contributed by atoms with Gasteiger partial charge in [-0.15, -0.1) is 5.10 Å². The summed E-state index contributed by atoms with van der Waals surface area (Å²) in [6.07, 6.45) is 0. The van der Waals surface area contributed by atoms with Crippen LogP contribution in [0.4, 0.5) is 0 Å². The molecule has 0 amide bonds. The van der Waals surface area contributed by atoms with Gasteiger partial charge in [0.05, 0.1) is 11.4 Å². The first-order valence-electron chi connectivity index (χ1n) is 10.0. The molecule has 0 atom stereocenters. The Morgan fingerprint density at radius 2 is 1.50 bits per heavy atom. The first kappa shape index (κ1) is 20.6. The van der Waals surface area contributed by atoms with Crippen molar-refractivity contribution in [1.29, 1.82) is 0 Å². The lowest BCUT2D eigenvalue weighted by molar-refractivity contribution is 0.119. The number of aryl methyl sites for hydroxylation is 1. The van der Waals surface area contributed by atoms with Gasteiger partial charge in [0.25, 0.3) is 0 Å². The van der Waals surface area contributed by atoms with E-state index >= 15 is 0 Å². The molecule has 158 valence electrons. The van der Waals surface area contributed by atoms with Gasteiger partial charge in [0.15, 0.2) is 21.5 Å². The third-order valence-corrected chi connectivity index (χ3v) is 6.93. The quantitative estimate of drug-likeness (QED) is 0.569. The SMILES string of the molecule is Cc1ccc(S(=O)(=O)Cn2nnnc2CN2CCN(Cc3ccccc3)CC2)cc1. The van der Waals surface area contributed by atoms with E-state index in [9.17, 15) is 8.42 Å². The lowest BCUT2D eigenvalue weighted by atomic mass is 10.2. The van der Waals surface area contributed by atoms with E-state index in [1.807, 2.05) is 13.0 Å². The summed E-state index contributed by atoms with van der Waals surface area (Å²) in [5, 5.41) is 11.7. The standard InChI is InChI=1S/C21H26N6O2S/c1-18-7-9-20(10-8-18)30(28,29)17-27-21(22-23-24-27)16-26-13-11-25(12-14-26)15-19-5-3-2-4-6-19/h2-10H,11-17H2,1H3. The van der Waals surface area contributed by atoms with Crippen LogP contribution in [0.3, 0.4) is 0 Å². The molecule has 8 nitrogen and oxygen atoms in total. The molecule has 0 radical (unpaired) electrons. The lowest BCUT2D eigenvalue weighted by Gasteiger charge is -2.34. The molecule has 0 saturated carbocycles. The van der Waals surface area contributed by atoms with Gasteiger partial charge in [-0.1, -0.05) is 48.0 Å². The number of hydrogen-bond donors (Lipinski definition) is 0. The fraction of sp³-hybridized carbons (Fsp3) is 0.381. The van der Waals surface area contributed by atoms with E-state index in [-0.39, 0.29) is 10.8 Å². The zero-order valence-corrected chi connectivity index (χ0v) is 17.9. The number of piperazine rings is 1. The van der Waals surface area contributed by atoms with Gasteiger partial charge in [-0.3, -0.25) is 9.80 Å². The van der Waals surface area contributed by atoms with Gasteiger partial charge in [-0.2, -0.15) is 0 Å². The van der Waals surface area contributed by atoms with Crippen LogP contribution in [0.1, 0.15) is 17.0 Å². The summed E-state index contributed by atoms with van der Waals surface area (Å²) in [4.78, 5) is 4.97. The Hall–Kier alpha value is -2.62. The molecule has 1 fully saturated rings. The largest absolute Gasteiger partial charge is 0.297 e. The fourth-order valence-corrected chi connectivity index (χ4v) is 4.79. The second-order valence-electron chi connectivity index (χ2n) is 7.69. The van der Waals surface area contributed by atoms with Gasteiger partial charge >= 0.3 is 0 Å². The second-order valence-corrected chi connectivity index (χ2v) is 9.65. The maximum atomic E-state index is 12.7. The van der Waals surface area contributed by atoms with Crippen molar-refractivity contribution >= 4 is 9.84 Å². The fourth-order valence-electron chi connectivity index (χ4n) is 3.56. The number of rotatable bonds is 7. The van der Waals surface area contributed by atoms with E-state index in [1.54, 1.807) is 24.3 Å². The van der Waals surface area contributed by atoms with Crippen molar-refractivity contribution in [2.75, 3.05) is 26.2 Å². The maximum absolute atomic E-state index is 12.7. The molecular formula is C21H26N6O2S. The Balaban J connectivity index is 1.35. The molecule has 0 bridgehead atoms. The van der Waals surface area contributed by atoms with Crippen LogP contribution < -0.4 is 0 Å². The minimum Gasteiger partial charge on any atom is -0.297 e. The summed E-state index contributed by atoms with van der Waals surface area (Å²) >= 11 is 0. The number of aromatic nitrogens is 4. The molecule has 1 aliphatic heterocycles. The summed E-state index contributed by atoms with van der Waals surface area (Å²) in [5.41, 5.74) is 2.33. The highest BCUT2D eigenvalue weighted by Crippen LogP contribution is 2.15. The van der Waals surface area contributed by atoms with Gasteiger partial charge in [0.2, 0.25) is 0 Å². The van der Waals surface area contributed by atoms with Crippen LogP contribution >= 0.6 is 0 Å². The molecule has 1 aliphatic rings. The zero-order chi connectivity index (χ0) is 21.0. The van der Waals surface area contributed by atoms with E-state index in [2.05, 4.69) is 49.6 Å². The van der Waals surface area contributed by atoms with Crippen LogP contribution in [0.15, 0.2) is 59.5 Å². The van der Waals surface area contributed by atoms with Crippen molar-refractivity contribution in [1.82, 2.24) is 30.0 Å². The van der Waals surface area contributed by atoms with E-state index in [4.69, 9.17) is 0 Å². The van der Waals surface area contributed by atoms with E-state index < -0.39 is 9.84 Å². The third kappa shape index (κ3) is 5.10. The van der Waals surface area contributed by atoms with Crippen LogP contribution in [-0.4, -0.2) is 64.6 Å². The summed E-state index contributed by atoms with van der Waals surface area (Å²) in [5.74, 6) is 0.314. The van der Waals surface area contributed by atoms with Gasteiger partial charge in [-0.25, -0.2) is 13.1 Å². The van der Waals surface area contributed by atoms with Crippen molar-refractivity contribution in [2.45, 2.75) is 30.8 Å². The third-order valence-electron chi connectivity index (χ3n) is 5.36. The molecule has 0 N–H and O–H groups in total. The minimum atomic E-state index is -3.51. The smallest absolute Gasteiger partial charge is 0.198 e. The average Bonchev–Trinajstić information content (AvgIpc) is 3.16. The number of sulfone groups is 1. The van der Waals surface area contributed by atoms with E-state index in [1.165, 1.54) is 10.2 Å². The topological polar surface area (TPSA) is 84.2 Å². The molecule has 0 unspecified atom stereocenters. The molecule has 30 heavy (non-hydrogen) atoms. The van der Waals surface area contributed by atoms with Crippen molar-refractivity contribution in [2.24, 2.45) is 0 Å². The highest BCUT2D eigenvalue weighted by molar-refractivity contribution is 7.90. The summed E-state index contributed by atoms with van der Waals surface area (Å²) in [7, 11) is -3.51. The van der Waals surface area contributed by atoms with Gasteiger partial charge in [-0.05, 0) is 35.0 Å². The van der Waals surface area contributed by atoms with Crippen LogP contribution in [0, 0.1) is 6.92 Å². The molecule has 1 saturated heterocycles. The Labute approximate surface area is 177 Å². The van der Waals surface area contributed by atoms with Crippen LogP contribution in [-0.2, 0) is 28.8 Å². The number of benzene rings is 2. The molecule has 2 aromatic carbocycles. The Kier molecular flexibility index (Phi) is 6.21. The molecular weight excluding hydrogens is 400 g/mol. The normalized spacial score (nSPS) is 16.0. The van der Waals surface area contributed by atoms with E-state index in [0.29, 0.717) is 12.4 Å². The van der Waals surface area contributed by atoms with Crippen molar-refractivity contribution in [3.63, 3.8) is 0 Å².